The Labute approximate surface area is 168 Å². The van der Waals surface area contributed by atoms with E-state index in [1.165, 1.54) is 0 Å². The smallest absolute Gasteiger partial charge is 0.227 e. The summed E-state index contributed by atoms with van der Waals surface area (Å²) in [7, 11) is 0. The highest BCUT2D eigenvalue weighted by Gasteiger charge is 2.16. The Morgan fingerprint density at radius 2 is 1.07 bits per heavy atom. The van der Waals surface area contributed by atoms with Crippen molar-refractivity contribution < 1.29 is 8.83 Å². The molecule has 0 aliphatic heterocycles. The summed E-state index contributed by atoms with van der Waals surface area (Å²) in [4.78, 5) is 9.35. The van der Waals surface area contributed by atoms with E-state index >= 15 is 0 Å². The Hall–Kier alpha value is -3.60. The van der Waals surface area contributed by atoms with Gasteiger partial charge in [0, 0.05) is 16.8 Å². The molecule has 5 heteroatoms. The van der Waals surface area contributed by atoms with Crippen LogP contribution in [0.25, 0.3) is 45.1 Å². The summed E-state index contributed by atoms with van der Waals surface area (Å²) in [6, 6.07) is 13.9. The third-order valence-electron chi connectivity index (χ3n) is 5.09. The lowest BCUT2D eigenvalue weighted by Crippen LogP contribution is -1.89. The summed E-state index contributed by atoms with van der Waals surface area (Å²) < 4.78 is 12.1. The van der Waals surface area contributed by atoms with E-state index in [4.69, 9.17) is 14.6 Å². The fourth-order valence-electron chi connectivity index (χ4n) is 3.90. The molecule has 0 bridgehead atoms. The molecule has 29 heavy (non-hydrogen) atoms. The van der Waals surface area contributed by atoms with Gasteiger partial charge < -0.3 is 14.6 Å². The first kappa shape index (κ1) is 17.5. The van der Waals surface area contributed by atoms with Gasteiger partial charge in [-0.15, -0.1) is 0 Å². The standard InChI is InChI=1S/C24H21N3O2/c1-12-5-14(3)21-19(7-12)26-23(28-21)16-9-17(11-18(25)10-16)24-27-20-8-13(2)6-15(4)22(20)29-24/h5-11H,25H2,1-4H3. The number of hydrogen-bond acceptors (Lipinski definition) is 5. The lowest BCUT2D eigenvalue weighted by atomic mass is 10.1. The van der Waals surface area contributed by atoms with Gasteiger partial charge in [0.1, 0.15) is 11.0 Å². The SMILES string of the molecule is Cc1cc(C)c2oc(-c3cc(N)cc(-c4nc5cc(C)cc(C)c5o4)c3)nc2c1. The number of fused-ring (bicyclic) bond motifs is 2. The van der Waals surface area contributed by atoms with Crippen molar-refractivity contribution in [2.45, 2.75) is 27.7 Å². The maximum Gasteiger partial charge on any atom is 0.227 e. The zero-order valence-corrected chi connectivity index (χ0v) is 16.8. The maximum atomic E-state index is 6.19. The van der Waals surface area contributed by atoms with E-state index in [9.17, 15) is 0 Å². The van der Waals surface area contributed by atoms with Crippen LogP contribution in [0.15, 0.2) is 51.3 Å². The van der Waals surface area contributed by atoms with Gasteiger partial charge in [-0.1, -0.05) is 12.1 Å². The van der Waals surface area contributed by atoms with Crippen LogP contribution in [0.2, 0.25) is 0 Å². The van der Waals surface area contributed by atoms with Crippen LogP contribution in [0.1, 0.15) is 22.3 Å². The first-order chi connectivity index (χ1) is 13.9. The highest BCUT2D eigenvalue weighted by atomic mass is 16.4. The van der Waals surface area contributed by atoms with E-state index in [1.807, 2.05) is 44.2 Å². The van der Waals surface area contributed by atoms with Gasteiger partial charge in [0.2, 0.25) is 11.8 Å². The molecule has 0 fully saturated rings. The largest absolute Gasteiger partial charge is 0.436 e. The molecule has 2 aromatic heterocycles. The Morgan fingerprint density at radius 1 is 0.621 bits per heavy atom. The van der Waals surface area contributed by atoms with E-state index in [1.54, 1.807) is 0 Å². The highest BCUT2D eigenvalue weighted by Crippen LogP contribution is 2.33. The van der Waals surface area contributed by atoms with Crippen molar-refractivity contribution in [1.29, 1.82) is 0 Å². The van der Waals surface area contributed by atoms with E-state index in [-0.39, 0.29) is 0 Å². The summed E-state index contributed by atoms with van der Waals surface area (Å²) in [5.74, 6) is 1.07. The molecule has 0 amide bonds. The lowest BCUT2D eigenvalue weighted by molar-refractivity contribution is 0.615. The van der Waals surface area contributed by atoms with Crippen LogP contribution in [0, 0.1) is 27.7 Å². The fraction of sp³-hybridized carbons (Fsp3) is 0.167. The average molecular weight is 383 g/mol. The van der Waals surface area contributed by atoms with Crippen molar-refractivity contribution in [3.05, 3.63) is 64.7 Å². The molecule has 0 radical (unpaired) electrons. The number of aromatic nitrogens is 2. The van der Waals surface area contributed by atoms with Crippen molar-refractivity contribution in [1.82, 2.24) is 9.97 Å². The number of hydrogen-bond donors (Lipinski definition) is 1. The number of benzene rings is 3. The first-order valence-electron chi connectivity index (χ1n) is 9.54. The molecule has 5 rings (SSSR count). The van der Waals surface area contributed by atoms with Gasteiger partial charge in [-0.3, -0.25) is 0 Å². The molecule has 0 saturated carbocycles. The van der Waals surface area contributed by atoms with Gasteiger partial charge in [0.25, 0.3) is 0 Å². The Bertz CT molecular complexity index is 1300. The molecule has 5 aromatic rings. The van der Waals surface area contributed by atoms with Crippen LogP contribution in [0.4, 0.5) is 5.69 Å². The highest BCUT2D eigenvalue weighted by molar-refractivity contribution is 5.83. The Morgan fingerprint density at radius 3 is 1.52 bits per heavy atom. The average Bonchev–Trinajstić information content (AvgIpc) is 3.25. The summed E-state index contributed by atoms with van der Waals surface area (Å²) in [6.45, 7) is 8.15. The summed E-state index contributed by atoms with van der Waals surface area (Å²) in [5.41, 5.74) is 16.1. The molecule has 0 saturated heterocycles. The number of nitrogens with two attached hydrogens (primary N) is 1. The van der Waals surface area contributed by atoms with Crippen molar-refractivity contribution in [3.8, 4) is 22.9 Å². The third kappa shape index (κ3) is 2.95. The second kappa shape index (κ2) is 6.21. The quantitative estimate of drug-likeness (QED) is 0.372. The van der Waals surface area contributed by atoms with Crippen molar-refractivity contribution >= 4 is 27.9 Å². The molecule has 0 unspecified atom stereocenters. The summed E-state index contributed by atoms with van der Waals surface area (Å²) in [5, 5.41) is 0. The topological polar surface area (TPSA) is 78.1 Å². The number of rotatable bonds is 2. The molecule has 0 aliphatic carbocycles. The molecule has 0 aliphatic rings. The molecule has 0 atom stereocenters. The molecular formula is C24H21N3O2. The van der Waals surface area contributed by atoms with Crippen LogP contribution in [0.5, 0.6) is 0 Å². The minimum atomic E-state index is 0.533. The van der Waals surface area contributed by atoms with Gasteiger partial charge in [-0.25, -0.2) is 9.97 Å². The van der Waals surface area contributed by atoms with E-state index in [0.717, 1.165) is 55.6 Å². The molecule has 0 spiro atoms. The van der Waals surface area contributed by atoms with Gasteiger partial charge in [0.05, 0.1) is 0 Å². The first-order valence-corrected chi connectivity index (χ1v) is 9.54. The molecule has 5 nitrogen and oxygen atoms in total. The number of nitrogen functional groups attached to an aromatic ring is 1. The molecular weight excluding hydrogens is 362 g/mol. The zero-order chi connectivity index (χ0) is 20.3. The zero-order valence-electron chi connectivity index (χ0n) is 16.8. The van der Waals surface area contributed by atoms with Crippen LogP contribution in [-0.2, 0) is 0 Å². The van der Waals surface area contributed by atoms with Crippen LogP contribution in [-0.4, -0.2) is 9.97 Å². The normalized spacial score (nSPS) is 11.6. The lowest BCUT2D eigenvalue weighted by Gasteiger charge is -2.02. The minimum Gasteiger partial charge on any atom is -0.436 e. The third-order valence-corrected chi connectivity index (χ3v) is 5.09. The molecule has 2 N–H and O–H groups in total. The van der Waals surface area contributed by atoms with Crippen molar-refractivity contribution in [2.75, 3.05) is 5.73 Å². The second-order valence-corrected chi connectivity index (χ2v) is 7.74. The van der Waals surface area contributed by atoms with E-state index in [2.05, 4.69) is 35.9 Å². The Kier molecular flexibility index (Phi) is 3.74. The predicted molar refractivity (Wildman–Crippen MR) is 116 cm³/mol. The van der Waals surface area contributed by atoms with E-state index in [0.29, 0.717) is 17.5 Å². The predicted octanol–water partition coefficient (Wildman–Crippen LogP) is 6.12. The number of oxazole rings is 2. The maximum absolute atomic E-state index is 6.19. The van der Waals surface area contributed by atoms with Gasteiger partial charge in [0.15, 0.2) is 11.2 Å². The molecule has 2 heterocycles. The fourth-order valence-corrected chi connectivity index (χ4v) is 3.90. The van der Waals surface area contributed by atoms with Gasteiger partial charge in [-0.05, 0) is 80.3 Å². The molecule has 144 valence electrons. The molecule has 3 aromatic carbocycles. The van der Waals surface area contributed by atoms with Crippen LogP contribution < -0.4 is 5.73 Å². The Balaban J connectivity index is 1.66. The number of anilines is 1. The van der Waals surface area contributed by atoms with E-state index < -0.39 is 0 Å². The van der Waals surface area contributed by atoms with Gasteiger partial charge >= 0.3 is 0 Å². The van der Waals surface area contributed by atoms with Crippen molar-refractivity contribution in [3.63, 3.8) is 0 Å². The van der Waals surface area contributed by atoms with Crippen LogP contribution in [0.3, 0.4) is 0 Å². The summed E-state index contributed by atoms with van der Waals surface area (Å²) in [6.07, 6.45) is 0. The minimum absolute atomic E-state index is 0.533. The van der Waals surface area contributed by atoms with Gasteiger partial charge in [-0.2, -0.15) is 0 Å². The summed E-state index contributed by atoms with van der Waals surface area (Å²) >= 11 is 0. The second-order valence-electron chi connectivity index (χ2n) is 7.74. The van der Waals surface area contributed by atoms with Crippen molar-refractivity contribution in [2.24, 2.45) is 0 Å². The number of nitrogens with zero attached hydrogens (tertiary/aromatic N) is 2. The number of aryl methyl sites for hydroxylation is 4. The van der Waals surface area contributed by atoms with Crippen LogP contribution >= 0.6 is 0 Å². The monoisotopic (exact) mass is 383 g/mol.